The van der Waals surface area contributed by atoms with Crippen molar-refractivity contribution in [3.05, 3.63) is 59.7 Å². The highest BCUT2D eigenvalue weighted by molar-refractivity contribution is 5.92. The summed E-state index contributed by atoms with van der Waals surface area (Å²) in [5, 5.41) is 12.0. The average Bonchev–Trinajstić information content (AvgIpc) is 3.11. The number of hydrogen-bond donors (Lipinski definition) is 0. The number of tetrazole rings is 1. The molecule has 0 radical (unpaired) electrons. The van der Waals surface area contributed by atoms with Crippen molar-refractivity contribution in [2.45, 2.75) is 26.2 Å². The van der Waals surface area contributed by atoms with Gasteiger partial charge in [-0.25, -0.2) is 9.18 Å². The molecule has 0 aliphatic rings. The second-order valence-electron chi connectivity index (χ2n) is 6.93. The Kier molecular flexibility index (Phi) is 4.54. The molecule has 1 heterocycles. The van der Waals surface area contributed by atoms with E-state index in [0.29, 0.717) is 17.1 Å². The standard InChI is InChI=1S/C19H19FN4O2/c1-19(2,3)18-21-22-23-24(18)16-10-13(9-14(11-16)17(25)26-4)12-5-7-15(20)8-6-12/h5-11H,1-4H3. The highest BCUT2D eigenvalue weighted by Crippen LogP contribution is 2.27. The molecule has 0 atom stereocenters. The lowest BCUT2D eigenvalue weighted by molar-refractivity contribution is 0.0600. The quantitative estimate of drug-likeness (QED) is 0.673. The Balaban J connectivity index is 2.20. The summed E-state index contributed by atoms with van der Waals surface area (Å²) in [6.07, 6.45) is 0. The molecule has 0 aliphatic heterocycles. The van der Waals surface area contributed by atoms with Crippen LogP contribution in [0.1, 0.15) is 37.0 Å². The number of nitrogens with zero attached hydrogens (tertiary/aromatic N) is 4. The Morgan fingerprint density at radius 1 is 1.08 bits per heavy atom. The molecule has 0 saturated carbocycles. The number of aromatic nitrogens is 4. The summed E-state index contributed by atoms with van der Waals surface area (Å²) in [5.74, 6) is -0.140. The van der Waals surface area contributed by atoms with Crippen LogP contribution in [0.25, 0.3) is 16.8 Å². The van der Waals surface area contributed by atoms with Gasteiger partial charge in [-0.05, 0) is 51.9 Å². The second kappa shape index (κ2) is 6.67. The third-order valence-electron chi connectivity index (χ3n) is 3.90. The van der Waals surface area contributed by atoms with Crippen LogP contribution in [0.15, 0.2) is 42.5 Å². The van der Waals surface area contributed by atoms with Gasteiger partial charge in [0.05, 0.1) is 18.4 Å². The summed E-state index contributed by atoms with van der Waals surface area (Å²) >= 11 is 0. The van der Waals surface area contributed by atoms with Gasteiger partial charge in [-0.15, -0.1) is 5.10 Å². The molecule has 1 aromatic heterocycles. The largest absolute Gasteiger partial charge is 0.465 e. The van der Waals surface area contributed by atoms with Gasteiger partial charge in [0.2, 0.25) is 0 Å². The highest BCUT2D eigenvalue weighted by atomic mass is 19.1. The zero-order valence-corrected chi connectivity index (χ0v) is 15.0. The molecule has 0 fully saturated rings. The van der Waals surface area contributed by atoms with Crippen LogP contribution in [0.5, 0.6) is 0 Å². The minimum atomic E-state index is -0.472. The van der Waals surface area contributed by atoms with Crippen LogP contribution in [0.4, 0.5) is 4.39 Å². The first kappa shape index (κ1) is 17.7. The van der Waals surface area contributed by atoms with Crippen LogP contribution < -0.4 is 0 Å². The molecule has 134 valence electrons. The van der Waals surface area contributed by atoms with Crippen molar-refractivity contribution in [2.75, 3.05) is 7.11 Å². The third kappa shape index (κ3) is 3.46. The topological polar surface area (TPSA) is 69.9 Å². The molecule has 3 aromatic rings. The third-order valence-corrected chi connectivity index (χ3v) is 3.90. The smallest absolute Gasteiger partial charge is 0.337 e. The highest BCUT2D eigenvalue weighted by Gasteiger charge is 2.23. The number of benzene rings is 2. The van der Waals surface area contributed by atoms with Gasteiger partial charge in [-0.3, -0.25) is 0 Å². The number of ether oxygens (including phenoxy) is 1. The predicted octanol–water partition coefficient (Wildman–Crippen LogP) is 3.55. The van der Waals surface area contributed by atoms with Crippen molar-refractivity contribution in [2.24, 2.45) is 0 Å². The van der Waals surface area contributed by atoms with Crippen LogP contribution in [-0.4, -0.2) is 33.3 Å². The van der Waals surface area contributed by atoms with E-state index in [1.165, 1.54) is 19.2 Å². The van der Waals surface area contributed by atoms with Crippen molar-refractivity contribution in [1.29, 1.82) is 0 Å². The zero-order chi connectivity index (χ0) is 18.9. The fourth-order valence-electron chi connectivity index (χ4n) is 2.61. The van der Waals surface area contributed by atoms with Gasteiger partial charge < -0.3 is 4.74 Å². The van der Waals surface area contributed by atoms with E-state index in [1.54, 1.807) is 28.9 Å². The first-order chi connectivity index (χ1) is 12.3. The van der Waals surface area contributed by atoms with E-state index in [2.05, 4.69) is 15.5 Å². The molecule has 6 nitrogen and oxygen atoms in total. The lowest BCUT2D eigenvalue weighted by Gasteiger charge is -2.18. The van der Waals surface area contributed by atoms with Gasteiger partial charge in [0.15, 0.2) is 5.82 Å². The van der Waals surface area contributed by atoms with Gasteiger partial charge in [0.1, 0.15) is 5.82 Å². The monoisotopic (exact) mass is 354 g/mol. The van der Waals surface area contributed by atoms with Crippen molar-refractivity contribution in [3.63, 3.8) is 0 Å². The molecular weight excluding hydrogens is 335 g/mol. The molecule has 2 aromatic carbocycles. The summed E-state index contributed by atoms with van der Waals surface area (Å²) < 4.78 is 19.7. The number of halogens is 1. The van der Waals surface area contributed by atoms with Gasteiger partial charge >= 0.3 is 5.97 Å². The minimum Gasteiger partial charge on any atom is -0.465 e. The Morgan fingerprint density at radius 2 is 1.77 bits per heavy atom. The molecule has 7 heteroatoms. The maximum atomic E-state index is 13.2. The predicted molar refractivity (Wildman–Crippen MR) is 94.6 cm³/mol. The average molecular weight is 354 g/mol. The molecule has 0 aliphatic carbocycles. The van der Waals surface area contributed by atoms with Crippen LogP contribution in [0.3, 0.4) is 0 Å². The molecule has 0 spiro atoms. The van der Waals surface area contributed by atoms with E-state index in [-0.39, 0.29) is 11.2 Å². The normalized spacial score (nSPS) is 11.4. The first-order valence-corrected chi connectivity index (χ1v) is 8.08. The van der Waals surface area contributed by atoms with Crippen molar-refractivity contribution in [3.8, 4) is 16.8 Å². The molecular formula is C19H19FN4O2. The van der Waals surface area contributed by atoms with Crippen LogP contribution in [0, 0.1) is 5.82 Å². The number of esters is 1. The van der Waals surface area contributed by atoms with E-state index in [9.17, 15) is 9.18 Å². The molecule has 0 amide bonds. The van der Waals surface area contributed by atoms with Crippen LogP contribution in [-0.2, 0) is 10.2 Å². The Morgan fingerprint density at radius 3 is 2.38 bits per heavy atom. The Bertz CT molecular complexity index is 943. The number of rotatable bonds is 3. The van der Waals surface area contributed by atoms with Crippen LogP contribution >= 0.6 is 0 Å². The first-order valence-electron chi connectivity index (χ1n) is 8.08. The fraction of sp³-hybridized carbons (Fsp3) is 0.263. The lowest BCUT2D eigenvalue weighted by atomic mass is 9.95. The molecule has 0 unspecified atom stereocenters. The minimum absolute atomic E-state index is 0.291. The zero-order valence-electron chi connectivity index (χ0n) is 15.0. The number of methoxy groups -OCH3 is 1. The van der Waals surface area contributed by atoms with Crippen molar-refractivity contribution in [1.82, 2.24) is 20.2 Å². The molecule has 0 saturated heterocycles. The van der Waals surface area contributed by atoms with Crippen molar-refractivity contribution < 1.29 is 13.9 Å². The van der Waals surface area contributed by atoms with E-state index in [0.717, 1.165) is 11.1 Å². The summed E-state index contributed by atoms with van der Waals surface area (Å²) in [6, 6.07) is 11.3. The van der Waals surface area contributed by atoms with Gasteiger partial charge in [-0.2, -0.15) is 4.68 Å². The SMILES string of the molecule is COC(=O)c1cc(-c2ccc(F)cc2)cc(-n2nnnc2C(C)(C)C)c1. The lowest BCUT2D eigenvalue weighted by Crippen LogP contribution is -2.19. The van der Waals surface area contributed by atoms with E-state index < -0.39 is 5.97 Å². The van der Waals surface area contributed by atoms with Crippen LogP contribution in [0.2, 0.25) is 0 Å². The van der Waals surface area contributed by atoms with E-state index >= 15 is 0 Å². The molecule has 26 heavy (non-hydrogen) atoms. The molecule has 3 rings (SSSR count). The molecule has 0 bridgehead atoms. The number of hydrogen-bond acceptors (Lipinski definition) is 5. The summed E-state index contributed by atoms with van der Waals surface area (Å²) in [4.78, 5) is 12.1. The molecule has 0 N–H and O–H groups in total. The Labute approximate surface area is 150 Å². The van der Waals surface area contributed by atoms with E-state index in [4.69, 9.17) is 4.74 Å². The summed E-state index contributed by atoms with van der Waals surface area (Å²) in [7, 11) is 1.32. The maximum Gasteiger partial charge on any atom is 0.337 e. The van der Waals surface area contributed by atoms with Gasteiger partial charge in [0.25, 0.3) is 0 Å². The van der Waals surface area contributed by atoms with E-state index in [1.807, 2.05) is 26.8 Å². The van der Waals surface area contributed by atoms with Gasteiger partial charge in [-0.1, -0.05) is 32.9 Å². The maximum absolute atomic E-state index is 13.2. The summed E-state index contributed by atoms with van der Waals surface area (Å²) in [5.41, 5.74) is 2.20. The second-order valence-corrected chi connectivity index (χ2v) is 6.93. The number of carbonyl (C=O) groups excluding carboxylic acids is 1. The fourth-order valence-corrected chi connectivity index (χ4v) is 2.61. The van der Waals surface area contributed by atoms with Crippen molar-refractivity contribution >= 4 is 5.97 Å². The van der Waals surface area contributed by atoms with Gasteiger partial charge in [0, 0.05) is 5.41 Å². The number of carbonyl (C=O) groups is 1. The Hall–Kier alpha value is -3.09. The summed E-state index contributed by atoms with van der Waals surface area (Å²) in [6.45, 7) is 6.00.